The van der Waals surface area contributed by atoms with Crippen LogP contribution in [-0.4, -0.2) is 43.6 Å². The SMILES string of the molecule is CCOC(=O)C1=C[C@H](OC2CC2)CCC1CB1O[C@@H](C)C(C)(C)O1. The van der Waals surface area contributed by atoms with E-state index in [0.29, 0.717) is 19.0 Å². The van der Waals surface area contributed by atoms with Gasteiger partial charge in [-0.2, -0.15) is 0 Å². The summed E-state index contributed by atoms with van der Waals surface area (Å²) in [5.74, 6) is -0.119. The molecule has 6 heteroatoms. The van der Waals surface area contributed by atoms with E-state index in [0.717, 1.165) is 31.3 Å². The topological polar surface area (TPSA) is 54.0 Å². The normalized spacial score (nSPS) is 32.6. The molecule has 3 atom stereocenters. The lowest BCUT2D eigenvalue weighted by molar-refractivity contribution is -0.139. The van der Waals surface area contributed by atoms with E-state index in [2.05, 4.69) is 0 Å². The maximum absolute atomic E-state index is 12.4. The summed E-state index contributed by atoms with van der Waals surface area (Å²) in [6, 6.07) is 0. The zero-order valence-corrected chi connectivity index (χ0v) is 15.2. The lowest BCUT2D eigenvalue weighted by atomic mass is 9.70. The Hall–Kier alpha value is -0.845. The Bertz CT molecular complexity index is 500. The minimum Gasteiger partial charge on any atom is -0.463 e. The van der Waals surface area contributed by atoms with Gasteiger partial charge in [-0.15, -0.1) is 0 Å². The van der Waals surface area contributed by atoms with Crippen LogP contribution < -0.4 is 0 Å². The van der Waals surface area contributed by atoms with Crippen LogP contribution in [0.5, 0.6) is 0 Å². The van der Waals surface area contributed by atoms with Gasteiger partial charge < -0.3 is 18.8 Å². The highest BCUT2D eigenvalue weighted by atomic mass is 16.7. The van der Waals surface area contributed by atoms with Crippen molar-refractivity contribution in [1.29, 1.82) is 0 Å². The maximum atomic E-state index is 12.4. The Morgan fingerprint density at radius 3 is 2.67 bits per heavy atom. The van der Waals surface area contributed by atoms with Crippen molar-refractivity contribution < 1.29 is 23.6 Å². The standard InChI is InChI=1S/C18H29BO5/c1-5-21-17(20)16-10-15(22-14-8-9-14)7-6-13(16)11-19-23-12(2)18(3,4)24-19/h10,12-15H,5-9,11H2,1-4H3/t12-,13?,15+/m0/s1. The van der Waals surface area contributed by atoms with Gasteiger partial charge in [0.25, 0.3) is 0 Å². The van der Waals surface area contributed by atoms with Crippen molar-refractivity contribution in [3.63, 3.8) is 0 Å². The van der Waals surface area contributed by atoms with Crippen molar-refractivity contribution in [2.24, 2.45) is 5.92 Å². The van der Waals surface area contributed by atoms with E-state index in [9.17, 15) is 4.79 Å². The Labute approximate surface area is 145 Å². The molecule has 0 aromatic carbocycles. The summed E-state index contributed by atoms with van der Waals surface area (Å²) >= 11 is 0. The third-order valence-electron chi connectivity index (χ3n) is 5.25. The van der Waals surface area contributed by atoms with Gasteiger partial charge in [0, 0.05) is 5.57 Å². The molecule has 2 aliphatic carbocycles. The minimum atomic E-state index is -0.287. The average molecular weight is 336 g/mol. The van der Waals surface area contributed by atoms with Crippen LogP contribution in [0.2, 0.25) is 6.32 Å². The first-order valence-corrected chi connectivity index (χ1v) is 9.26. The van der Waals surface area contributed by atoms with Gasteiger partial charge in [0.05, 0.1) is 30.5 Å². The van der Waals surface area contributed by atoms with Gasteiger partial charge in [-0.3, -0.25) is 0 Å². The molecule has 0 aromatic rings. The Morgan fingerprint density at radius 1 is 1.33 bits per heavy atom. The summed E-state index contributed by atoms with van der Waals surface area (Å²) in [5.41, 5.74) is 0.448. The molecule has 1 aliphatic heterocycles. The summed E-state index contributed by atoms with van der Waals surface area (Å²) in [6.07, 6.45) is 7.26. The molecule has 3 rings (SSSR count). The monoisotopic (exact) mass is 336 g/mol. The van der Waals surface area contributed by atoms with Crippen molar-refractivity contribution >= 4 is 13.1 Å². The quantitative estimate of drug-likeness (QED) is 0.551. The molecule has 24 heavy (non-hydrogen) atoms. The first-order chi connectivity index (χ1) is 11.4. The highest BCUT2D eigenvalue weighted by molar-refractivity contribution is 6.45. The lowest BCUT2D eigenvalue weighted by Gasteiger charge is -2.28. The number of carbonyl (C=O) groups excluding carboxylic acids is 1. The van der Waals surface area contributed by atoms with E-state index < -0.39 is 0 Å². The molecule has 0 radical (unpaired) electrons. The van der Waals surface area contributed by atoms with Crippen LogP contribution in [0, 0.1) is 5.92 Å². The van der Waals surface area contributed by atoms with Gasteiger partial charge in [0.1, 0.15) is 0 Å². The molecule has 0 amide bonds. The third-order valence-corrected chi connectivity index (χ3v) is 5.25. The number of rotatable bonds is 6. The second-order valence-corrected chi connectivity index (χ2v) is 7.66. The molecule has 1 unspecified atom stereocenters. The second kappa shape index (κ2) is 7.18. The molecule has 134 valence electrons. The van der Waals surface area contributed by atoms with E-state index in [1.807, 2.05) is 33.8 Å². The molecule has 0 N–H and O–H groups in total. The molecular formula is C18H29BO5. The Kier molecular flexibility index (Phi) is 5.38. The third kappa shape index (κ3) is 4.21. The van der Waals surface area contributed by atoms with Crippen molar-refractivity contribution in [3.8, 4) is 0 Å². The van der Waals surface area contributed by atoms with Crippen molar-refractivity contribution in [2.45, 2.75) is 83.6 Å². The summed E-state index contributed by atoms with van der Waals surface area (Å²) in [5, 5.41) is 0. The fraction of sp³-hybridized carbons (Fsp3) is 0.833. The molecule has 0 aromatic heterocycles. The van der Waals surface area contributed by atoms with E-state index >= 15 is 0 Å². The van der Waals surface area contributed by atoms with Crippen LogP contribution in [0.3, 0.4) is 0 Å². The van der Waals surface area contributed by atoms with Crippen LogP contribution in [0.15, 0.2) is 11.6 Å². The molecule has 0 bridgehead atoms. The molecule has 1 saturated heterocycles. The van der Waals surface area contributed by atoms with Gasteiger partial charge in [0.15, 0.2) is 0 Å². The predicted molar refractivity (Wildman–Crippen MR) is 91.6 cm³/mol. The van der Waals surface area contributed by atoms with Gasteiger partial charge in [-0.1, -0.05) is 0 Å². The highest BCUT2D eigenvalue weighted by Crippen LogP contribution is 2.37. The van der Waals surface area contributed by atoms with Crippen molar-refractivity contribution in [2.75, 3.05) is 6.61 Å². The molecule has 1 heterocycles. The molecule has 2 fully saturated rings. The summed E-state index contributed by atoms with van der Waals surface area (Å²) in [7, 11) is -0.265. The van der Waals surface area contributed by atoms with Gasteiger partial charge in [-0.05, 0) is 71.7 Å². The van der Waals surface area contributed by atoms with Crippen molar-refractivity contribution in [1.82, 2.24) is 0 Å². The fourth-order valence-corrected chi connectivity index (χ4v) is 3.38. The predicted octanol–water partition coefficient (Wildman–Crippen LogP) is 3.14. The number of hydrogen-bond acceptors (Lipinski definition) is 5. The molecule has 0 spiro atoms. The van der Waals surface area contributed by atoms with E-state index in [1.54, 1.807) is 0 Å². The Morgan fingerprint density at radius 2 is 2.08 bits per heavy atom. The molecule has 1 saturated carbocycles. The van der Waals surface area contributed by atoms with Crippen LogP contribution >= 0.6 is 0 Å². The van der Waals surface area contributed by atoms with Gasteiger partial charge >= 0.3 is 13.1 Å². The van der Waals surface area contributed by atoms with Crippen molar-refractivity contribution in [3.05, 3.63) is 11.6 Å². The maximum Gasteiger partial charge on any atom is 0.458 e. The first-order valence-electron chi connectivity index (χ1n) is 9.26. The van der Waals surface area contributed by atoms with Gasteiger partial charge in [0.2, 0.25) is 0 Å². The zero-order chi connectivity index (χ0) is 17.3. The highest BCUT2D eigenvalue weighted by Gasteiger charge is 2.45. The van der Waals surface area contributed by atoms with Crippen LogP contribution in [-0.2, 0) is 23.6 Å². The van der Waals surface area contributed by atoms with Crippen LogP contribution in [0.1, 0.15) is 53.4 Å². The first kappa shape index (κ1) is 18.0. The number of carbonyl (C=O) groups is 1. The Balaban J connectivity index is 1.67. The summed E-state index contributed by atoms with van der Waals surface area (Å²) in [4.78, 5) is 12.4. The number of hydrogen-bond donors (Lipinski definition) is 0. The van der Waals surface area contributed by atoms with E-state index in [-0.39, 0.29) is 36.8 Å². The van der Waals surface area contributed by atoms with E-state index in [1.165, 1.54) is 0 Å². The number of esters is 1. The largest absolute Gasteiger partial charge is 0.463 e. The molecule has 5 nitrogen and oxygen atoms in total. The minimum absolute atomic E-state index is 0.0361. The van der Waals surface area contributed by atoms with E-state index in [4.69, 9.17) is 18.8 Å². The zero-order valence-electron chi connectivity index (χ0n) is 15.2. The van der Waals surface area contributed by atoms with Crippen LogP contribution in [0.4, 0.5) is 0 Å². The lowest BCUT2D eigenvalue weighted by Crippen LogP contribution is -2.31. The summed E-state index contributed by atoms with van der Waals surface area (Å²) in [6.45, 7) is 8.34. The fourth-order valence-electron chi connectivity index (χ4n) is 3.38. The second-order valence-electron chi connectivity index (χ2n) is 7.66. The molecule has 3 aliphatic rings. The smallest absolute Gasteiger partial charge is 0.458 e. The molecular weight excluding hydrogens is 307 g/mol. The van der Waals surface area contributed by atoms with Gasteiger partial charge in [-0.25, -0.2) is 4.79 Å². The average Bonchev–Trinajstić information content (AvgIpc) is 3.28. The van der Waals surface area contributed by atoms with Crippen LogP contribution in [0.25, 0.3) is 0 Å². The summed E-state index contributed by atoms with van der Waals surface area (Å²) < 4.78 is 23.2. The number of ether oxygens (including phenoxy) is 2.